The van der Waals surface area contributed by atoms with E-state index in [1.807, 2.05) is 24.4 Å². The molecule has 2 aromatic rings. The van der Waals surface area contributed by atoms with E-state index in [0.717, 1.165) is 10.9 Å². The largest absolute Gasteiger partial charge is 0.392 e. The van der Waals surface area contributed by atoms with E-state index in [0.29, 0.717) is 0 Å². The smallest absolute Gasteiger partial charge is 0.0682 e. The summed E-state index contributed by atoms with van der Waals surface area (Å²) >= 11 is 1.47. The lowest BCUT2D eigenvalue weighted by molar-refractivity contribution is 0.282. The molecular formula is C8H7NOS. The number of nitrogens with zero attached hydrogens (tertiary/aromatic N) is 1. The third-order valence-electron chi connectivity index (χ3n) is 1.60. The second-order valence-electron chi connectivity index (χ2n) is 2.36. The summed E-state index contributed by atoms with van der Waals surface area (Å²) in [5.41, 5.74) is 0.942. The normalized spacial score (nSPS) is 10.6. The molecule has 0 atom stereocenters. The van der Waals surface area contributed by atoms with Gasteiger partial charge in [0.15, 0.2) is 0 Å². The summed E-state index contributed by atoms with van der Waals surface area (Å²) in [5, 5.41) is 9.93. The van der Waals surface area contributed by atoms with Crippen molar-refractivity contribution < 1.29 is 5.11 Å². The first-order chi connectivity index (χ1) is 5.40. The summed E-state index contributed by atoms with van der Waals surface area (Å²) < 4.78 is 5.21. The molecule has 1 heterocycles. The average Bonchev–Trinajstić information content (AvgIpc) is 2.50. The Morgan fingerprint density at radius 1 is 1.45 bits per heavy atom. The average molecular weight is 165 g/mol. The van der Waals surface area contributed by atoms with Crippen molar-refractivity contribution in [2.45, 2.75) is 6.61 Å². The van der Waals surface area contributed by atoms with Gasteiger partial charge in [0.25, 0.3) is 0 Å². The van der Waals surface area contributed by atoms with Gasteiger partial charge in [0.2, 0.25) is 0 Å². The molecule has 0 spiro atoms. The van der Waals surface area contributed by atoms with Crippen LogP contribution in [0.4, 0.5) is 0 Å². The Balaban J connectivity index is 2.67. The first-order valence-electron chi connectivity index (χ1n) is 3.34. The van der Waals surface area contributed by atoms with Crippen molar-refractivity contribution >= 4 is 21.6 Å². The maximum absolute atomic E-state index is 8.82. The second-order valence-corrected chi connectivity index (χ2v) is 3.19. The fraction of sp³-hybridized carbons (Fsp3) is 0.125. The van der Waals surface area contributed by atoms with Gasteiger partial charge in [0, 0.05) is 11.6 Å². The van der Waals surface area contributed by atoms with Crippen molar-refractivity contribution in [2.75, 3.05) is 0 Å². The van der Waals surface area contributed by atoms with E-state index >= 15 is 0 Å². The number of benzene rings is 1. The molecule has 1 N–H and O–H groups in total. The number of aliphatic hydroxyl groups excluding tert-OH is 1. The highest BCUT2D eigenvalue weighted by molar-refractivity contribution is 7.13. The summed E-state index contributed by atoms with van der Waals surface area (Å²) in [6.45, 7) is 0.103. The fourth-order valence-corrected chi connectivity index (χ4v) is 1.65. The van der Waals surface area contributed by atoms with Crippen molar-refractivity contribution in [1.82, 2.24) is 4.37 Å². The summed E-state index contributed by atoms with van der Waals surface area (Å²) in [6, 6.07) is 5.86. The number of fused-ring (bicyclic) bond motifs is 1. The first kappa shape index (κ1) is 6.76. The summed E-state index contributed by atoms with van der Waals surface area (Å²) in [4.78, 5) is 0. The molecule has 0 unspecified atom stereocenters. The van der Waals surface area contributed by atoms with Gasteiger partial charge in [0.05, 0.1) is 11.3 Å². The molecule has 11 heavy (non-hydrogen) atoms. The minimum absolute atomic E-state index is 0.103. The zero-order valence-electron chi connectivity index (χ0n) is 5.82. The van der Waals surface area contributed by atoms with Gasteiger partial charge in [-0.25, -0.2) is 0 Å². The van der Waals surface area contributed by atoms with Crippen LogP contribution in [0, 0.1) is 0 Å². The molecule has 0 bridgehead atoms. The Morgan fingerprint density at radius 3 is 3.18 bits per heavy atom. The minimum atomic E-state index is 0.103. The number of aliphatic hydroxyl groups is 1. The molecule has 1 aromatic heterocycles. The van der Waals surface area contributed by atoms with Crippen LogP contribution in [0.15, 0.2) is 24.4 Å². The van der Waals surface area contributed by atoms with Crippen LogP contribution < -0.4 is 0 Å². The predicted octanol–water partition coefficient (Wildman–Crippen LogP) is 1.79. The molecule has 0 fully saturated rings. The molecule has 0 amide bonds. The van der Waals surface area contributed by atoms with Gasteiger partial charge < -0.3 is 5.11 Å². The molecule has 0 saturated carbocycles. The van der Waals surface area contributed by atoms with Crippen LogP contribution in [0.2, 0.25) is 0 Å². The van der Waals surface area contributed by atoms with E-state index < -0.39 is 0 Å². The van der Waals surface area contributed by atoms with Crippen LogP contribution >= 0.6 is 11.5 Å². The highest BCUT2D eigenvalue weighted by atomic mass is 32.1. The van der Waals surface area contributed by atoms with Crippen LogP contribution in [-0.4, -0.2) is 9.48 Å². The molecule has 0 aliphatic carbocycles. The fourth-order valence-electron chi connectivity index (χ4n) is 1.02. The third kappa shape index (κ3) is 1.13. The maximum Gasteiger partial charge on any atom is 0.0682 e. The lowest BCUT2D eigenvalue weighted by Gasteiger charge is -1.93. The Labute approximate surface area is 68.3 Å². The molecule has 56 valence electrons. The van der Waals surface area contributed by atoms with E-state index in [1.54, 1.807) is 0 Å². The van der Waals surface area contributed by atoms with E-state index in [-0.39, 0.29) is 6.61 Å². The molecule has 0 radical (unpaired) electrons. The standard InChI is InChI=1S/C8H7NOS/c10-5-6-1-2-8-7(3-6)4-9-11-8/h1-4,10H,5H2. The highest BCUT2D eigenvalue weighted by Gasteiger charge is 1.96. The monoisotopic (exact) mass is 165 g/mol. The number of hydrogen-bond donors (Lipinski definition) is 1. The van der Waals surface area contributed by atoms with Crippen molar-refractivity contribution in [2.24, 2.45) is 0 Å². The van der Waals surface area contributed by atoms with Crippen LogP contribution in [0.25, 0.3) is 10.1 Å². The van der Waals surface area contributed by atoms with Gasteiger partial charge in [-0.2, -0.15) is 4.37 Å². The van der Waals surface area contributed by atoms with Gasteiger partial charge in [-0.1, -0.05) is 6.07 Å². The highest BCUT2D eigenvalue weighted by Crippen LogP contribution is 2.18. The number of aromatic nitrogens is 1. The van der Waals surface area contributed by atoms with E-state index in [4.69, 9.17) is 5.11 Å². The Morgan fingerprint density at radius 2 is 2.36 bits per heavy atom. The molecule has 2 rings (SSSR count). The molecule has 0 aliphatic rings. The van der Waals surface area contributed by atoms with Crippen molar-refractivity contribution in [3.63, 3.8) is 0 Å². The molecule has 0 aliphatic heterocycles. The van der Waals surface area contributed by atoms with Crippen LogP contribution in [-0.2, 0) is 6.61 Å². The van der Waals surface area contributed by atoms with Gasteiger partial charge in [-0.15, -0.1) is 0 Å². The Kier molecular flexibility index (Phi) is 1.60. The lowest BCUT2D eigenvalue weighted by atomic mass is 10.2. The summed E-state index contributed by atoms with van der Waals surface area (Å²) in [5.74, 6) is 0. The quantitative estimate of drug-likeness (QED) is 0.698. The maximum atomic E-state index is 8.82. The van der Waals surface area contributed by atoms with Gasteiger partial charge in [-0.05, 0) is 29.2 Å². The lowest BCUT2D eigenvalue weighted by Crippen LogP contribution is -1.79. The molecule has 1 aromatic carbocycles. The number of hydrogen-bond acceptors (Lipinski definition) is 3. The zero-order valence-corrected chi connectivity index (χ0v) is 6.64. The molecular weight excluding hydrogens is 158 g/mol. The molecule has 2 nitrogen and oxygen atoms in total. The zero-order chi connectivity index (χ0) is 7.68. The molecule has 3 heteroatoms. The van der Waals surface area contributed by atoms with Gasteiger partial charge in [0.1, 0.15) is 0 Å². The summed E-state index contributed by atoms with van der Waals surface area (Å²) in [6.07, 6.45) is 1.82. The van der Waals surface area contributed by atoms with Gasteiger partial charge >= 0.3 is 0 Å². The second kappa shape index (κ2) is 2.60. The molecule has 0 saturated heterocycles. The van der Waals surface area contributed by atoms with Crippen molar-refractivity contribution in [1.29, 1.82) is 0 Å². The van der Waals surface area contributed by atoms with E-state index in [9.17, 15) is 0 Å². The Hall–Kier alpha value is -0.930. The van der Waals surface area contributed by atoms with E-state index in [2.05, 4.69) is 4.37 Å². The van der Waals surface area contributed by atoms with Crippen LogP contribution in [0.5, 0.6) is 0 Å². The van der Waals surface area contributed by atoms with Crippen molar-refractivity contribution in [3.05, 3.63) is 30.0 Å². The SMILES string of the molecule is OCc1ccc2sncc2c1. The summed E-state index contributed by atoms with van der Waals surface area (Å²) in [7, 11) is 0. The van der Waals surface area contributed by atoms with Gasteiger partial charge in [-0.3, -0.25) is 0 Å². The third-order valence-corrected chi connectivity index (χ3v) is 2.38. The van der Waals surface area contributed by atoms with Crippen LogP contribution in [0.1, 0.15) is 5.56 Å². The minimum Gasteiger partial charge on any atom is -0.392 e. The topological polar surface area (TPSA) is 33.1 Å². The first-order valence-corrected chi connectivity index (χ1v) is 4.11. The predicted molar refractivity (Wildman–Crippen MR) is 45.5 cm³/mol. The van der Waals surface area contributed by atoms with Crippen molar-refractivity contribution in [3.8, 4) is 0 Å². The van der Waals surface area contributed by atoms with Crippen LogP contribution in [0.3, 0.4) is 0 Å². The number of rotatable bonds is 1. The Bertz CT molecular complexity index is 369. The van der Waals surface area contributed by atoms with E-state index in [1.165, 1.54) is 16.2 Å².